The predicted octanol–water partition coefficient (Wildman–Crippen LogP) is 2.88. The van der Waals surface area contributed by atoms with Crippen LogP contribution in [0.1, 0.15) is 28.8 Å². The number of ether oxygens (including phenoxy) is 1. The Bertz CT molecular complexity index is 988. The topological polar surface area (TPSA) is 95.9 Å². The van der Waals surface area contributed by atoms with E-state index in [9.17, 15) is 18.3 Å². The number of hydrogen-bond donors (Lipinski definition) is 2. The van der Waals surface area contributed by atoms with Gasteiger partial charge in [0.25, 0.3) is 5.91 Å². The van der Waals surface area contributed by atoms with Gasteiger partial charge in [0.2, 0.25) is 10.0 Å². The van der Waals surface area contributed by atoms with Crippen molar-refractivity contribution in [3.63, 3.8) is 0 Å². The molecule has 0 unspecified atom stereocenters. The number of carbonyl (C=O) groups excluding carboxylic acids is 1. The average Bonchev–Trinajstić information content (AvgIpc) is 3.23. The number of phenols is 1. The van der Waals surface area contributed by atoms with E-state index in [-0.39, 0.29) is 22.8 Å². The van der Waals surface area contributed by atoms with Gasteiger partial charge >= 0.3 is 0 Å². The number of sulfonamides is 1. The van der Waals surface area contributed by atoms with Gasteiger partial charge in [-0.05, 0) is 64.7 Å². The molecule has 1 fully saturated rings. The maximum atomic E-state index is 12.7. The number of nitrogens with one attached hydrogen (secondary N) is 1. The molecule has 1 aliphatic heterocycles. The van der Waals surface area contributed by atoms with Crippen molar-refractivity contribution in [2.24, 2.45) is 0 Å². The molecule has 1 aliphatic rings. The zero-order valence-electron chi connectivity index (χ0n) is 15.3. The second-order valence-electron chi connectivity index (χ2n) is 6.44. The molecule has 0 spiro atoms. The third-order valence-electron chi connectivity index (χ3n) is 4.58. The number of aromatic hydroxyl groups is 1. The molecule has 1 saturated heterocycles. The lowest BCUT2D eigenvalue weighted by molar-refractivity contribution is 0.0950. The Balaban J connectivity index is 1.78. The van der Waals surface area contributed by atoms with Crippen molar-refractivity contribution in [1.29, 1.82) is 0 Å². The first-order valence-corrected chi connectivity index (χ1v) is 11.0. The third kappa shape index (κ3) is 4.31. The lowest BCUT2D eigenvalue weighted by Gasteiger charge is -2.16. The van der Waals surface area contributed by atoms with Crippen molar-refractivity contribution < 1.29 is 23.1 Å². The normalized spacial score (nSPS) is 14.8. The number of hydrogen-bond acceptors (Lipinski definition) is 5. The summed E-state index contributed by atoms with van der Waals surface area (Å²) in [5.74, 6) is -0.0795. The maximum absolute atomic E-state index is 12.7. The summed E-state index contributed by atoms with van der Waals surface area (Å²) in [6.45, 7) is 1.20. The Labute approximate surface area is 172 Å². The van der Waals surface area contributed by atoms with Gasteiger partial charge in [-0.15, -0.1) is 0 Å². The van der Waals surface area contributed by atoms with Crippen LogP contribution < -0.4 is 10.1 Å². The first-order chi connectivity index (χ1) is 13.3. The standard InChI is InChI=1S/C19H21BrN2O5S/c1-27-18-10-13(4-7-17(18)23)12-21-19(24)15-11-14(5-6-16(15)20)28(25,26)22-8-2-3-9-22/h4-7,10-11,23H,2-3,8-9,12H2,1H3,(H,21,24). The van der Waals surface area contributed by atoms with E-state index in [1.807, 2.05) is 0 Å². The average molecular weight is 469 g/mol. The van der Waals surface area contributed by atoms with Crippen molar-refractivity contribution in [3.05, 3.63) is 52.0 Å². The van der Waals surface area contributed by atoms with Gasteiger partial charge in [-0.2, -0.15) is 4.31 Å². The van der Waals surface area contributed by atoms with Crippen LogP contribution in [-0.2, 0) is 16.6 Å². The van der Waals surface area contributed by atoms with Crippen LogP contribution in [0.3, 0.4) is 0 Å². The lowest BCUT2D eigenvalue weighted by Crippen LogP contribution is -2.28. The summed E-state index contributed by atoms with van der Waals surface area (Å²) < 4.78 is 32.5. The highest BCUT2D eigenvalue weighted by Crippen LogP contribution is 2.27. The minimum atomic E-state index is -3.60. The molecular formula is C19H21BrN2O5S. The van der Waals surface area contributed by atoms with Gasteiger partial charge in [-0.1, -0.05) is 6.07 Å². The minimum absolute atomic E-state index is 0.0140. The first kappa shape index (κ1) is 20.6. The Hall–Kier alpha value is -2.10. The Morgan fingerprint density at radius 2 is 1.93 bits per heavy atom. The fourth-order valence-electron chi connectivity index (χ4n) is 3.03. The number of nitrogens with zero attached hydrogens (tertiary/aromatic N) is 1. The Kier molecular flexibility index (Phi) is 6.26. The second kappa shape index (κ2) is 8.50. The van der Waals surface area contributed by atoms with Gasteiger partial charge in [-0.25, -0.2) is 8.42 Å². The van der Waals surface area contributed by atoms with Crippen LogP contribution in [0, 0.1) is 0 Å². The molecule has 9 heteroatoms. The second-order valence-corrected chi connectivity index (χ2v) is 9.23. The van der Waals surface area contributed by atoms with Crippen molar-refractivity contribution in [1.82, 2.24) is 9.62 Å². The van der Waals surface area contributed by atoms with Crippen LogP contribution in [0.5, 0.6) is 11.5 Å². The van der Waals surface area contributed by atoms with E-state index in [1.165, 1.54) is 29.6 Å². The zero-order chi connectivity index (χ0) is 20.3. The highest BCUT2D eigenvalue weighted by atomic mass is 79.9. The molecule has 2 aromatic rings. The van der Waals surface area contributed by atoms with E-state index < -0.39 is 15.9 Å². The van der Waals surface area contributed by atoms with Crippen LogP contribution in [0.4, 0.5) is 0 Å². The predicted molar refractivity (Wildman–Crippen MR) is 108 cm³/mol. The number of methoxy groups -OCH3 is 1. The van der Waals surface area contributed by atoms with Crippen LogP contribution in [0.15, 0.2) is 45.8 Å². The molecule has 0 radical (unpaired) electrons. The molecule has 0 aliphatic carbocycles. The van der Waals surface area contributed by atoms with E-state index in [0.717, 1.165) is 18.4 Å². The molecule has 28 heavy (non-hydrogen) atoms. The van der Waals surface area contributed by atoms with E-state index in [2.05, 4.69) is 21.2 Å². The van der Waals surface area contributed by atoms with E-state index in [1.54, 1.807) is 18.2 Å². The van der Waals surface area contributed by atoms with E-state index in [4.69, 9.17) is 4.74 Å². The molecule has 0 atom stereocenters. The van der Waals surface area contributed by atoms with Crippen molar-refractivity contribution >= 4 is 31.9 Å². The molecular weight excluding hydrogens is 448 g/mol. The molecule has 0 aromatic heterocycles. The summed E-state index contributed by atoms with van der Waals surface area (Å²) in [6.07, 6.45) is 1.69. The van der Waals surface area contributed by atoms with Crippen molar-refractivity contribution in [2.45, 2.75) is 24.3 Å². The summed E-state index contributed by atoms with van der Waals surface area (Å²) in [5.41, 5.74) is 0.978. The summed E-state index contributed by atoms with van der Waals surface area (Å²) in [4.78, 5) is 12.7. The Morgan fingerprint density at radius 3 is 2.61 bits per heavy atom. The fraction of sp³-hybridized carbons (Fsp3) is 0.316. The van der Waals surface area contributed by atoms with E-state index >= 15 is 0 Å². The van der Waals surface area contributed by atoms with Gasteiger partial charge in [0.1, 0.15) is 0 Å². The smallest absolute Gasteiger partial charge is 0.252 e. The number of halogens is 1. The number of benzene rings is 2. The molecule has 150 valence electrons. The summed E-state index contributed by atoms with van der Waals surface area (Å²) in [5, 5.41) is 12.4. The molecule has 2 N–H and O–H groups in total. The third-order valence-corrected chi connectivity index (χ3v) is 7.17. The van der Waals surface area contributed by atoms with Crippen molar-refractivity contribution in [3.8, 4) is 11.5 Å². The summed E-state index contributed by atoms with van der Waals surface area (Å²) >= 11 is 3.32. The lowest BCUT2D eigenvalue weighted by atomic mass is 10.1. The van der Waals surface area contributed by atoms with E-state index in [0.29, 0.717) is 23.3 Å². The number of amides is 1. The minimum Gasteiger partial charge on any atom is -0.504 e. The molecule has 7 nitrogen and oxygen atoms in total. The summed E-state index contributed by atoms with van der Waals surface area (Å²) in [7, 11) is -2.16. The van der Waals surface area contributed by atoms with Crippen LogP contribution in [-0.4, -0.2) is 43.9 Å². The number of carbonyl (C=O) groups is 1. The van der Waals surface area contributed by atoms with Crippen LogP contribution >= 0.6 is 15.9 Å². The van der Waals surface area contributed by atoms with Gasteiger partial charge in [-0.3, -0.25) is 4.79 Å². The van der Waals surface area contributed by atoms with Crippen molar-refractivity contribution in [2.75, 3.05) is 20.2 Å². The fourth-order valence-corrected chi connectivity index (χ4v) is 5.00. The van der Waals surface area contributed by atoms with Gasteiger partial charge in [0.05, 0.1) is 17.6 Å². The maximum Gasteiger partial charge on any atom is 0.252 e. The SMILES string of the molecule is COc1cc(CNC(=O)c2cc(S(=O)(=O)N3CCCC3)ccc2Br)ccc1O. The molecule has 0 saturated carbocycles. The number of phenolic OH excluding ortho intramolecular Hbond substituents is 1. The highest BCUT2D eigenvalue weighted by molar-refractivity contribution is 9.10. The van der Waals surface area contributed by atoms with Gasteiger partial charge in [0, 0.05) is 24.1 Å². The quantitative estimate of drug-likeness (QED) is 0.679. The van der Waals surface area contributed by atoms with Crippen LogP contribution in [0.2, 0.25) is 0 Å². The molecule has 2 aromatic carbocycles. The molecule has 0 bridgehead atoms. The monoisotopic (exact) mass is 468 g/mol. The first-order valence-electron chi connectivity index (χ1n) is 8.76. The summed E-state index contributed by atoms with van der Waals surface area (Å²) in [6, 6.07) is 9.24. The largest absolute Gasteiger partial charge is 0.504 e. The zero-order valence-corrected chi connectivity index (χ0v) is 17.7. The highest BCUT2D eigenvalue weighted by Gasteiger charge is 2.28. The van der Waals surface area contributed by atoms with Gasteiger partial charge in [0.15, 0.2) is 11.5 Å². The molecule has 3 rings (SSSR count). The molecule has 1 heterocycles. The molecule has 1 amide bonds. The van der Waals surface area contributed by atoms with Gasteiger partial charge < -0.3 is 15.2 Å². The van der Waals surface area contributed by atoms with Crippen LogP contribution in [0.25, 0.3) is 0 Å². The number of rotatable bonds is 6. The Morgan fingerprint density at radius 1 is 1.21 bits per heavy atom.